The maximum atomic E-state index is 11.7. The fourth-order valence-corrected chi connectivity index (χ4v) is 2.55. The molecule has 0 saturated heterocycles. The van der Waals surface area contributed by atoms with Crippen LogP contribution in [0.3, 0.4) is 0 Å². The minimum absolute atomic E-state index is 0.0641. The third-order valence-corrected chi connectivity index (χ3v) is 3.90. The number of hydrazone groups is 1. The molecule has 2 N–H and O–H groups in total. The van der Waals surface area contributed by atoms with E-state index in [4.69, 9.17) is 21.1 Å². The fourth-order valence-electron chi connectivity index (χ4n) is 1.74. The zero-order valence-corrected chi connectivity index (χ0v) is 15.5. The second kappa shape index (κ2) is 8.74. The lowest BCUT2D eigenvalue weighted by molar-refractivity contribution is -0.123. The van der Waals surface area contributed by atoms with E-state index >= 15 is 0 Å². The van der Waals surface area contributed by atoms with Crippen LogP contribution in [0.5, 0.6) is 17.2 Å². The number of hydrogen-bond donors (Lipinski definition) is 2. The number of carbonyl (C=O) groups excluding carboxylic acids is 1. The molecule has 2 rings (SSSR count). The van der Waals surface area contributed by atoms with Crippen molar-refractivity contribution in [2.75, 3.05) is 13.7 Å². The van der Waals surface area contributed by atoms with Crippen molar-refractivity contribution in [2.45, 2.75) is 0 Å². The molecule has 8 heteroatoms. The van der Waals surface area contributed by atoms with E-state index in [0.29, 0.717) is 25.7 Å². The first-order valence-corrected chi connectivity index (χ1v) is 8.22. The van der Waals surface area contributed by atoms with E-state index in [1.54, 1.807) is 36.4 Å². The molecule has 0 aromatic heterocycles. The van der Waals surface area contributed by atoms with Gasteiger partial charge in [-0.3, -0.25) is 4.79 Å². The molecule has 0 aliphatic carbocycles. The zero-order valence-electron chi connectivity index (χ0n) is 12.6. The van der Waals surface area contributed by atoms with Crippen LogP contribution in [0.25, 0.3) is 0 Å². The average molecular weight is 461 g/mol. The molecule has 126 valence electrons. The Bertz CT molecular complexity index is 768. The maximum Gasteiger partial charge on any atom is 0.277 e. The summed E-state index contributed by atoms with van der Waals surface area (Å²) in [5.74, 6) is 0.485. The Kier molecular flexibility index (Phi) is 6.68. The van der Waals surface area contributed by atoms with Crippen LogP contribution in [0.2, 0.25) is 5.02 Å². The first kappa shape index (κ1) is 18.3. The molecule has 0 radical (unpaired) electrons. The first-order valence-electron chi connectivity index (χ1n) is 6.76. The van der Waals surface area contributed by atoms with Gasteiger partial charge in [-0.15, -0.1) is 0 Å². The number of methoxy groups -OCH3 is 1. The third kappa shape index (κ3) is 5.27. The van der Waals surface area contributed by atoms with Crippen molar-refractivity contribution in [3.8, 4) is 17.2 Å². The highest BCUT2D eigenvalue weighted by Crippen LogP contribution is 2.31. The molecule has 0 aliphatic rings. The fraction of sp³-hybridized carbons (Fsp3) is 0.125. The van der Waals surface area contributed by atoms with Gasteiger partial charge in [0.1, 0.15) is 5.75 Å². The molecular formula is C16H14ClIN2O4. The molecule has 6 nitrogen and oxygen atoms in total. The number of benzene rings is 2. The van der Waals surface area contributed by atoms with Gasteiger partial charge < -0.3 is 14.6 Å². The van der Waals surface area contributed by atoms with Crippen LogP contribution in [0.1, 0.15) is 5.56 Å². The van der Waals surface area contributed by atoms with Crippen molar-refractivity contribution >= 4 is 46.3 Å². The summed E-state index contributed by atoms with van der Waals surface area (Å²) in [6.07, 6.45) is 1.45. The molecule has 0 bridgehead atoms. The van der Waals surface area contributed by atoms with Crippen molar-refractivity contribution in [1.82, 2.24) is 5.43 Å². The van der Waals surface area contributed by atoms with Gasteiger partial charge >= 0.3 is 0 Å². The minimum Gasteiger partial charge on any atom is -0.504 e. The monoisotopic (exact) mass is 460 g/mol. The summed E-state index contributed by atoms with van der Waals surface area (Å²) in [7, 11) is 1.46. The molecule has 0 atom stereocenters. The van der Waals surface area contributed by atoms with E-state index < -0.39 is 5.91 Å². The van der Waals surface area contributed by atoms with E-state index in [0.717, 1.165) is 0 Å². The second-order valence-corrected chi connectivity index (χ2v) is 6.19. The summed E-state index contributed by atoms with van der Waals surface area (Å²) in [6.45, 7) is -0.186. The lowest BCUT2D eigenvalue weighted by Gasteiger charge is -2.06. The van der Waals surface area contributed by atoms with Crippen LogP contribution in [0.4, 0.5) is 0 Å². The number of ether oxygens (including phenoxy) is 2. The van der Waals surface area contributed by atoms with Gasteiger partial charge in [0.2, 0.25) is 0 Å². The van der Waals surface area contributed by atoms with Crippen molar-refractivity contribution in [1.29, 1.82) is 0 Å². The van der Waals surface area contributed by atoms with E-state index in [-0.39, 0.29) is 12.4 Å². The zero-order chi connectivity index (χ0) is 17.5. The maximum absolute atomic E-state index is 11.7. The number of hydrogen-bond acceptors (Lipinski definition) is 5. The summed E-state index contributed by atoms with van der Waals surface area (Å²) in [5, 5.41) is 14.1. The van der Waals surface area contributed by atoms with Gasteiger partial charge in [0, 0.05) is 5.02 Å². The number of nitrogens with one attached hydrogen (secondary N) is 1. The van der Waals surface area contributed by atoms with Gasteiger partial charge in [-0.25, -0.2) is 5.43 Å². The van der Waals surface area contributed by atoms with E-state index in [2.05, 4.69) is 10.5 Å². The number of nitrogens with zero attached hydrogens (tertiary/aromatic N) is 1. The summed E-state index contributed by atoms with van der Waals surface area (Å²) < 4.78 is 11.0. The number of phenols is 1. The Morgan fingerprint density at radius 2 is 2.21 bits per heavy atom. The van der Waals surface area contributed by atoms with E-state index in [1.165, 1.54) is 13.3 Å². The largest absolute Gasteiger partial charge is 0.504 e. The lowest BCUT2D eigenvalue weighted by Crippen LogP contribution is -2.24. The van der Waals surface area contributed by atoms with Crippen molar-refractivity contribution in [2.24, 2.45) is 5.10 Å². The number of aromatic hydroxyl groups is 1. The Morgan fingerprint density at radius 1 is 1.42 bits per heavy atom. The number of rotatable bonds is 6. The van der Waals surface area contributed by atoms with Crippen LogP contribution >= 0.6 is 34.2 Å². The SMILES string of the molecule is COc1cc(/C=N\NC(=O)COc2cccc(Cl)c2)cc(I)c1O. The van der Waals surface area contributed by atoms with Crippen LogP contribution in [-0.2, 0) is 4.79 Å². The van der Waals surface area contributed by atoms with Crippen molar-refractivity contribution in [3.05, 3.63) is 50.6 Å². The molecule has 0 saturated carbocycles. The van der Waals surface area contributed by atoms with Gasteiger partial charge in [0.15, 0.2) is 18.1 Å². The first-order chi connectivity index (χ1) is 11.5. The topological polar surface area (TPSA) is 80.2 Å². The number of carbonyl (C=O) groups is 1. The van der Waals surface area contributed by atoms with Crippen LogP contribution in [0.15, 0.2) is 41.5 Å². The Balaban J connectivity index is 1.89. The predicted octanol–water partition coefficient (Wildman–Crippen LogP) is 3.19. The van der Waals surface area contributed by atoms with Gasteiger partial charge in [0.05, 0.1) is 16.9 Å². The Hall–Kier alpha value is -2.00. The van der Waals surface area contributed by atoms with Crippen molar-refractivity contribution in [3.63, 3.8) is 0 Å². The predicted molar refractivity (Wildman–Crippen MR) is 100 cm³/mol. The summed E-state index contributed by atoms with van der Waals surface area (Å²) in [5.41, 5.74) is 3.03. The summed E-state index contributed by atoms with van der Waals surface area (Å²) >= 11 is 7.80. The molecule has 24 heavy (non-hydrogen) atoms. The number of phenolic OH excluding ortho intramolecular Hbond substituents is 1. The molecule has 1 amide bonds. The van der Waals surface area contributed by atoms with Crippen LogP contribution in [-0.4, -0.2) is 30.9 Å². The highest BCUT2D eigenvalue weighted by Gasteiger charge is 2.07. The van der Waals surface area contributed by atoms with Crippen LogP contribution in [0, 0.1) is 3.57 Å². The molecule has 0 unspecified atom stereocenters. The molecule has 0 heterocycles. The minimum atomic E-state index is -0.410. The standard InChI is InChI=1S/C16H14ClIN2O4/c1-23-14-6-10(5-13(18)16(14)22)8-19-20-15(21)9-24-12-4-2-3-11(17)7-12/h2-8,22H,9H2,1H3,(H,20,21)/b19-8-. The van der Waals surface area contributed by atoms with E-state index in [9.17, 15) is 9.90 Å². The van der Waals surface area contributed by atoms with Gasteiger partial charge in [-0.1, -0.05) is 17.7 Å². The molecule has 0 spiro atoms. The Labute approximate surface area is 157 Å². The van der Waals surface area contributed by atoms with Crippen LogP contribution < -0.4 is 14.9 Å². The highest BCUT2D eigenvalue weighted by molar-refractivity contribution is 14.1. The lowest BCUT2D eigenvalue weighted by atomic mass is 10.2. The smallest absolute Gasteiger partial charge is 0.277 e. The average Bonchev–Trinajstić information content (AvgIpc) is 2.56. The number of amides is 1. The summed E-state index contributed by atoms with van der Waals surface area (Å²) in [6, 6.07) is 10.1. The normalized spacial score (nSPS) is 10.6. The van der Waals surface area contributed by atoms with Gasteiger partial charge in [-0.2, -0.15) is 5.10 Å². The second-order valence-electron chi connectivity index (χ2n) is 4.59. The quantitative estimate of drug-likeness (QED) is 0.394. The van der Waals surface area contributed by atoms with Gasteiger partial charge in [0.25, 0.3) is 5.91 Å². The number of halogens is 2. The highest BCUT2D eigenvalue weighted by atomic mass is 127. The molecule has 2 aromatic carbocycles. The van der Waals surface area contributed by atoms with Crippen molar-refractivity contribution < 1.29 is 19.4 Å². The van der Waals surface area contributed by atoms with Gasteiger partial charge in [-0.05, 0) is 58.5 Å². The molecule has 2 aromatic rings. The Morgan fingerprint density at radius 3 is 2.92 bits per heavy atom. The third-order valence-electron chi connectivity index (χ3n) is 2.84. The molecular weight excluding hydrogens is 447 g/mol. The summed E-state index contributed by atoms with van der Waals surface area (Å²) in [4.78, 5) is 11.7. The molecule has 0 aliphatic heterocycles. The van der Waals surface area contributed by atoms with E-state index in [1.807, 2.05) is 22.6 Å². The molecule has 0 fully saturated rings.